The van der Waals surface area contributed by atoms with Gasteiger partial charge in [-0.3, -0.25) is 0 Å². The lowest BCUT2D eigenvalue weighted by molar-refractivity contribution is 0.312. The Morgan fingerprint density at radius 1 is 1.06 bits per heavy atom. The van der Waals surface area contributed by atoms with Crippen LogP contribution in [0.25, 0.3) is 22.4 Å². The van der Waals surface area contributed by atoms with Crippen molar-refractivity contribution in [2.45, 2.75) is 44.2 Å². The molecular weight excluding hydrogens is 494 g/mol. The van der Waals surface area contributed by atoms with Crippen molar-refractivity contribution in [2.24, 2.45) is 0 Å². The number of fused-ring (bicyclic) bond motifs is 1. The number of hydrogen-bond acceptors (Lipinski definition) is 10. The van der Waals surface area contributed by atoms with E-state index in [1.807, 2.05) is 12.1 Å². The second-order valence-corrected chi connectivity index (χ2v) is 12.9. The number of sulfonamides is 1. The largest absolute Gasteiger partial charge is 0.490 e. The molecule has 1 aromatic carbocycles. The van der Waals surface area contributed by atoms with Gasteiger partial charge in [-0.15, -0.1) is 0 Å². The second kappa shape index (κ2) is 10.5. The molecule has 2 aromatic heterocycles. The average molecular weight is 524 g/mol. The molecule has 0 bridgehead atoms. The van der Waals surface area contributed by atoms with E-state index in [0.717, 1.165) is 31.1 Å². The third-order valence-electron chi connectivity index (χ3n) is 5.72. The monoisotopic (exact) mass is 523 g/mol. The van der Waals surface area contributed by atoms with Crippen molar-refractivity contribution >= 4 is 36.8 Å². The van der Waals surface area contributed by atoms with Gasteiger partial charge in [-0.25, -0.2) is 31.5 Å². The van der Waals surface area contributed by atoms with E-state index < -0.39 is 19.9 Å². The van der Waals surface area contributed by atoms with Crippen molar-refractivity contribution in [2.75, 3.05) is 30.2 Å². The number of hydrogen-bond donors (Lipinski definition) is 2. The maximum atomic E-state index is 11.4. The van der Waals surface area contributed by atoms with Gasteiger partial charge in [0.2, 0.25) is 21.6 Å². The highest BCUT2D eigenvalue weighted by molar-refractivity contribution is 7.90. The van der Waals surface area contributed by atoms with Crippen molar-refractivity contribution in [1.29, 1.82) is 0 Å². The highest BCUT2D eigenvalue weighted by Gasteiger charge is 2.24. The SMILES string of the molecule is CS(=O)(=O)CCCOc1cccc2c(-c3ccnc(NC4CCC(NS(C)(=O)=O)CC4)n3)noc12. The van der Waals surface area contributed by atoms with Gasteiger partial charge in [0.05, 0.1) is 29.7 Å². The van der Waals surface area contributed by atoms with Gasteiger partial charge in [0.1, 0.15) is 15.5 Å². The molecule has 0 amide bonds. The van der Waals surface area contributed by atoms with Crippen LogP contribution < -0.4 is 14.8 Å². The number of benzene rings is 1. The van der Waals surface area contributed by atoms with Crippen LogP contribution in [0.3, 0.4) is 0 Å². The molecule has 0 radical (unpaired) electrons. The van der Waals surface area contributed by atoms with Crippen LogP contribution in [-0.2, 0) is 19.9 Å². The van der Waals surface area contributed by atoms with Crippen LogP contribution in [0.4, 0.5) is 5.95 Å². The Bertz CT molecular complexity index is 1380. The Labute approximate surface area is 204 Å². The molecule has 0 saturated heterocycles. The summed E-state index contributed by atoms with van der Waals surface area (Å²) < 4.78 is 59.5. The quantitative estimate of drug-likeness (QED) is 0.379. The second-order valence-electron chi connectivity index (χ2n) is 8.84. The number of nitrogens with zero attached hydrogens (tertiary/aromatic N) is 3. The number of sulfone groups is 1. The number of ether oxygens (including phenoxy) is 1. The summed E-state index contributed by atoms with van der Waals surface area (Å²) in [5, 5.41) is 8.26. The molecule has 0 unspecified atom stereocenters. The molecule has 13 heteroatoms. The first-order chi connectivity index (χ1) is 16.6. The Hall–Kier alpha value is -2.77. The van der Waals surface area contributed by atoms with Crippen molar-refractivity contribution in [3.8, 4) is 17.1 Å². The minimum Gasteiger partial charge on any atom is -0.490 e. The first-order valence-corrected chi connectivity index (χ1v) is 15.3. The topological polar surface area (TPSA) is 153 Å². The van der Waals surface area contributed by atoms with E-state index in [1.165, 1.54) is 12.5 Å². The summed E-state index contributed by atoms with van der Waals surface area (Å²) in [5.74, 6) is 1.00. The maximum Gasteiger partial charge on any atom is 0.223 e. The molecule has 11 nitrogen and oxygen atoms in total. The van der Waals surface area contributed by atoms with Gasteiger partial charge >= 0.3 is 0 Å². The molecule has 0 spiro atoms. The molecule has 35 heavy (non-hydrogen) atoms. The minimum atomic E-state index is -3.21. The average Bonchev–Trinajstić information content (AvgIpc) is 3.22. The lowest BCUT2D eigenvalue weighted by Crippen LogP contribution is -2.39. The van der Waals surface area contributed by atoms with E-state index >= 15 is 0 Å². The molecule has 4 rings (SSSR count). The molecule has 2 N–H and O–H groups in total. The summed E-state index contributed by atoms with van der Waals surface area (Å²) in [6.07, 6.45) is 7.48. The standard InChI is InChI=1S/C22H29N5O6S2/c1-34(28,29)14-4-13-32-19-6-3-5-17-20(26-33-21(17)19)18-11-12-23-22(25-18)24-15-7-9-16(10-8-15)27-35(2,30)31/h3,5-6,11-12,15-16,27H,4,7-10,13-14H2,1-2H3,(H,23,24,25). The van der Waals surface area contributed by atoms with E-state index in [1.54, 1.807) is 18.3 Å². The molecule has 0 aliphatic heterocycles. The first kappa shape index (κ1) is 25.3. The first-order valence-electron chi connectivity index (χ1n) is 11.3. The third-order valence-corrected chi connectivity index (χ3v) is 7.51. The fourth-order valence-electron chi connectivity index (χ4n) is 4.14. The summed E-state index contributed by atoms with van der Waals surface area (Å²) in [5.41, 5.74) is 1.60. The molecule has 1 aliphatic rings. The van der Waals surface area contributed by atoms with Gasteiger partial charge in [0.15, 0.2) is 5.75 Å². The summed E-state index contributed by atoms with van der Waals surface area (Å²) in [6.45, 7) is 0.242. The fourth-order valence-corrected chi connectivity index (χ4v) is 5.62. The highest BCUT2D eigenvalue weighted by atomic mass is 32.2. The van der Waals surface area contributed by atoms with E-state index in [-0.39, 0.29) is 24.4 Å². The molecule has 1 aliphatic carbocycles. The van der Waals surface area contributed by atoms with Gasteiger partial charge in [-0.05, 0) is 50.3 Å². The number of para-hydroxylation sites is 1. The molecule has 190 valence electrons. The summed E-state index contributed by atoms with van der Waals surface area (Å²) in [7, 11) is -6.25. The Morgan fingerprint density at radius 2 is 1.80 bits per heavy atom. The Balaban J connectivity index is 1.43. The van der Waals surface area contributed by atoms with Gasteiger partial charge in [0, 0.05) is 24.5 Å². The lowest BCUT2D eigenvalue weighted by Gasteiger charge is -2.29. The van der Waals surface area contributed by atoms with Crippen LogP contribution in [0, 0.1) is 0 Å². The number of rotatable bonds is 10. The van der Waals surface area contributed by atoms with Crippen molar-refractivity contribution in [3.63, 3.8) is 0 Å². The summed E-state index contributed by atoms with van der Waals surface area (Å²) in [6, 6.07) is 7.27. The maximum absolute atomic E-state index is 11.4. The van der Waals surface area contributed by atoms with Gasteiger partial charge in [0.25, 0.3) is 0 Å². The number of nitrogens with one attached hydrogen (secondary N) is 2. The number of anilines is 1. The molecular formula is C22H29N5O6S2. The zero-order valence-electron chi connectivity index (χ0n) is 19.6. The van der Waals surface area contributed by atoms with Crippen molar-refractivity contribution in [1.82, 2.24) is 19.8 Å². The van der Waals surface area contributed by atoms with Crippen LogP contribution in [0.2, 0.25) is 0 Å². The zero-order valence-corrected chi connectivity index (χ0v) is 21.2. The van der Waals surface area contributed by atoms with Crippen molar-refractivity contribution < 1.29 is 26.1 Å². The van der Waals surface area contributed by atoms with Gasteiger partial charge < -0.3 is 14.6 Å². The van der Waals surface area contributed by atoms with Crippen LogP contribution in [0.1, 0.15) is 32.1 Å². The predicted molar refractivity (Wildman–Crippen MR) is 133 cm³/mol. The molecule has 1 saturated carbocycles. The minimum absolute atomic E-state index is 0.0420. The summed E-state index contributed by atoms with van der Waals surface area (Å²) in [4.78, 5) is 8.93. The molecule has 1 fully saturated rings. The Kier molecular flexibility index (Phi) is 7.57. The molecule has 3 aromatic rings. The fraction of sp³-hybridized carbons (Fsp3) is 0.500. The zero-order chi connectivity index (χ0) is 25.1. The smallest absolute Gasteiger partial charge is 0.223 e. The van der Waals surface area contributed by atoms with Crippen LogP contribution >= 0.6 is 0 Å². The van der Waals surface area contributed by atoms with E-state index in [4.69, 9.17) is 9.26 Å². The van der Waals surface area contributed by atoms with Crippen LogP contribution in [0.5, 0.6) is 5.75 Å². The summed E-state index contributed by atoms with van der Waals surface area (Å²) >= 11 is 0. The molecule has 0 atom stereocenters. The lowest BCUT2D eigenvalue weighted by atomic mass is 9.92. The molecule has 2 heterocycles. The predicted octanol–water partition coefficient (Wildman–Crippen LogP) is 2.37. The van der Waals surface area contributed by atoms with E-state index in [2.05, 4.69) is 25.2 Å². The highest BCUT2D eigenvalue weighted by Crippen LogP contribution is 2.33. The number of aromatic nitrogens is 3. The van der Waals surface area contributed by atoms with E-state index in [0.29, 0.717) is 35.1 Å². The van der Waals surface area contributed by atoms with Gasteiger partial charge in [-0.2, -0.15) is 0 Å². The van der Waals surface area contributed by atoms with Crippen molar-refractivity contribution in [3.05, 3.63) is 30.5 Å². The normalized spacial score (nSPS) is 19.0. The van der Waals surface area contributed by atoms with Gasteiger partial charge in [-0.1, -0.05) is 11.2 Å². The third kappa shape index (κ3) is 7.12. The van der Waals surface area contributed by atoms with Crippen LogP contribution in [-0.4, -0.2) is 68.9 Å². The van der Waals surface area contributed by atoms with E-state index in [9.17, 15) is 16.8 Å². The Morgan fingerprint density at radius 3 is 2.51 bits per heavy atom. The van der Waals surface area contributed by atoms with Crippen LogP contribution in [0.15, 0.2) is 35.0 Å².